The molecule has 17 heavy (non-hydrogen) atoms. The number of aromatic nitrogens is 1. The number of alkyl halides is 3. The van der Waals surface area contributed by atoms with Gasteiger partial charge < -0.3 is 4.74 Å². The Balaban J connectivity index is 0.00000256. The monoisotopic (exact) mass is 280 g/mol. The molecule has 0 aliphatic rings. The minimum atomic E-state index is -4.56. The molecule has 0 amide bonds. The third-order valence-electron chi connectivity index (χ3n) is 1.40. The quantitative estimate of drug-likeness (QED) is 0.791. The molecule has 0 saturated carbocycles. The van der Waals surface area contributed by atoms with Gasteiger partial charge in [-0.15, -0.1) is 0 Å². The van der Waals surface area contributed by atoms with Crippen molar-refractivity contribution >= 4 is 39.6 Å². The van der Waals surface area contributed by atoms with E-state index < -0.39 is 33.6 Å². The summed E-state index contributed by atoms with van der Waals surface area (Å²) >= 11 is 0. The molecule has 92 valence electrons. The molecule has 0 bridgehead atoms. The standard InChI is InChI=1S/C7H7F3N2O3S.Na.H/c8-7(9,10)4-15-5-2-1-3-12-6(5)16(11,13)14;;/h1-3H,4H2,(H2,11,13,14);;. The van der Waals surface area contributed by atoms with Gasteiger partial charge in [0.15, 0.2) is 12.4 Å². The minimum absolute atomic E-state index is 0. The molecule has 0 spiro atoms. The number of nitrogens with zero attached hydrogens (tertiary/aromatic N) is 1. The van der Waals surface area contributed by atoms with Crippen molar-refractivity contribution in [3.63, 3.8) is 0 Å². The molecule has 0 aliphatic carbocycles. The summed E-state index contributed by atoms with van der Waals surface area (Å²) in [4.78, 5) is 3.35. The average molecular weight is 280 g/mol. The number of halogens is 3. The van der Waals surface area contributed by atoms with Crippen molar-refractivity contribution in [3.8, 4) is 5.75 Å². The molecule has 10 heteroatoms. The van der Waals surface area contributed by atoms with Gasteiger partial charge in [0.2, 0.25) is 5.03 Å². The van der Waals surface area contributed by atoms with Crippen LogP contribution in [0.5, 0.6) is 5.75 Å². The molecule has 5 nitrogen and oxygen atoms in total. The second kappa shape index (κ2) is 6.01. The second-order valence-corrected chi connectivity index (χ2v) is 4.23. The van der Waals surface area contributed by atoms with Crippen molar-refractivity contribution in [1.29, 1.82) is 0 Å². The first-order chi connectivity index (χ1) is 7.20. The van der Waals surface area contributed by atoms with Gasteiger partial charge in [0.1, 0.15) is 0 Å². The number of primary sulfonamides is 1. The molecule has 0 fully saturated rings. The number of rotatable bonds is 3. The van der Waals surface area contributed by atoms with E-state index in [-0.39, 0.29) is 29.6 Å². The predicted molar refractivity (Wildman–Crippen MR) is 54.3 cm³/mol. The van der Waals surface area contributed by atoms with Crippen molar-refractivity contribution in [3.05, 3.63) is 18.3 Å². The summed E-state index contributed by atoms with van der Waals surface area (Å²) in [6, 6.07) is 2.28. The Morgan fingerprint density at radius 3 is 2.47 bits per heavy atom. The van der Waals surface area contributed by atoms with Gasteiger partial charge in [0.25, 0.3) is 10.0 Å². The van der Waals surface area contributed by atoms with Gasteiger partial charge in [-0.2, -0.15) is 13.2 Å². The average Bonchev–Trinajstić information content (AvgIpc) is 2.12. The Bertz CT molecular complexity index is 477. The second-order valence-electron chi connectivity index (χ2n) is 2.76. The van der Waals surface area contributed by atoms with Crippen molar-refractivity contribution < 1.29 is 26.3 Å². The summed E-state index contributed by atoms with van der Waals surface area (Å²) in [6.45, 7) is -1.61. The molecule has 0 atom stereocenters. The molecule has 1 aromatic rings. The van der Waals surface area contributed by atoms with Gasteiger partial charge in [-0.1, -0.05) is 0 Å². The first kappa shape index (κ1) is 16.6. The summed E-state index contributed by atoms with van der Waals surface area (Å²) in [5.41, 5.74) is 0. The van der Waals surface area contributed by atoms with Crippen LogP contribution in [-0.4, -0.2) is 55.7 Å². The zero-order valence-corrected chi connectivity index (χ0v) is 8.55. The Morgan fingerprint density at radius 2 is 2.00 bits per heavy atom. The molecule has 0 aliphatic heterocycles. The molecule has 1 heterocycles. The van der Waals surface area contributed by atoms with E-state index in [1.807, 2.05) is 0 Å². The normalized spacial score (nSPS) is 11.8. The molecule has 1 rings (SSSR count). The van der Waals surface area contributed by atoms with Crippen LogP contribution >= 0.6 is 0 Å². The van der Waals surface area contributed by atoms with E-state index >= 15 is 0 Å². The van der Waals surface area contributed by atoms with E-state index in [0.717, 1.165) is 12.3 Å². The zero-order valence-electron chi connectivity index (χ0n) is 7.73. The van der Waals surface area contributed by atoms with E-state index in [1.165, 1.54) is 6.07 Å². The van der Waals surface area contributed by atoms with Crippen molar-refractivity contribution in [2.45, 2.75) is 11.2 Å². The van der Waals surface area contributed by atoms with Crippen LogP contribution in [0.3, 0.4) is 0 Å². The fourth-order valence-electron chi connectivity index (χ4n) is 0.859. The summed E-state index contributed by atoms with van der Waals surface area (Å²) in [7, 11) is -4.20. The van der Waals surface area contributed by atoms with E-state index in [1.54, 1.807) is 0 Å². The van der Waals surface area contributed by atoms with E-state index in [2.05, 4.69) is 9.72 Å². The maximum atomic E-state index is 11.8. The molecule has 0 aromatic carbocycles. The van der Waals surface area contributed by atoms with Crippen LogP contribution in [0.2, 0.25) is 0 Å². The van der Waals surface area contributed by atoms with Gasteiger partial charge in [-0.05, 0) is 12.1 Å². The molecule has 0 unspecified atom stereocenters. The topological polar surface area (TPSA) is 82.3 Å². The maximum absolute atomic E-state index is 11.8. The summed E-state index contributed by atoms with van der Waals surface area (Å²) in [6.07, 6.45) is -3.48. The van der Waals surface area contributed by atoms with Gasteiger partial charge in [0.05, 0.1) is 0 Å². The number of pyridine rings is 1. The number of nitrogens with two attached hydrogens (primary N) is 1. The predicted octanol–water partition coefficient (Wildman–Crippen LogP) is 0.0216. The van der Waals surface area contributed by atoms with E-state index in [9.17, 15) is 21.6 Å². The van der Waals surface area contributed by atoms with Crippen LogP contribution in [0, 0.1) is 0 Å². The number of ether oxygens (including phenoxy) is 1. The molecule has 0 saturated heterocycles. The van der Waals surface area contributed by atoms with Crippen LogP contribution in [0.25, 0.3) is 0 Å². The Hall–Kier alpha value is -0.350. The molecular formula is C7H8F3N2NaO3S. The van der Waals surface area contributed by atoms with E-state index in [4.69, 9.17) is 5.14 Å². The first-order valence-electron chi connectivity index (χ1n) is 3.87. The summed E-state index contributed by atoms with van der Waals surface area (Å²) in [5.74, 6) is -0.526. The van der Waals surface area contributed by atoms with Gasteiger partial charge in [-0.25, -0.2) is 18.5 Å². The molecule has 1 aromatic heterocycles. The summed E-state index contributed by atoms with van der Waals surface area (Å²) < 4.78 is 61.7. The number of hydrogen-bond donors (Lipinski definition) is 1. The van der Waals surface area contributed by atoms with Crippen molar-refractivity contribution in [1.82, 2.24) is 4.98 Å². The van der Waals surface area contributed by atoms with Crippen LogP contribution in [0.1, 0.15) is 0 Å². The molecular weight excluding hydrogens is 272 g/mol. The first-order valence-corrected chi connectivity index (χ1v) is 5.42. The number of hydrogen-bond acceptors (Lipinski definition) is 4. The Morgan fingerprint density at radius 1 is 1.41 bits per heavy atom. The van der Waals surface area contributed by atoms with Gasteiger partial charge in [0, 0.05) is 6.20 Å². The van der Waals surface area contributed by atoms with Crippen LogP contribution in [0.15, 0.2) is 23.4 Å². The Labute approximate surface area is 118 Å². The zero-order chi connectivity index (χ0) is 12.4. The fourth-order valence-corrected chi connectivity index (χ4v) is 1.47. The van der Waals surface area contributed by atoms with Gasteiger partial charge >= 0.3 is 35.7 Å². The molecule has 2 N–H and O–H groups in total. The van der Waals surface area contributed by atoms with Crippen molar-refractivity contribution in [2.75, 3.05) is 6.61 Å². The fraction of sp³-hybridized carbons (Fsp3) is 0.286. The SMILES string of the molecule is NS(=O)(=O)c1ncccc1OCC(F)(F)F.[NaH]. The van der Waals surface area contributed by atoms with Crippen LogP contribution in [0.4, 0.5) is 13.2 Å². The van der Waals surface area contributed by atoms with Crippen molar-refractivity contribution in [2.24, 2.45) is 5.14 Å². The molecule has 0 radical (unpaired) electrons. The summed E-state index contributed by atoms with van der Waals surface area (Å²) in [5, 5.41) is 4.02. The van der Waals surface area contributed by atoms with Crippen LogP contribution < -0.4 is 9.88 Å². The van der Waals surface area contributed by atoms with E-state index in [0.29, 0.717) is 0 Å². The third kappa shape index (κ3) is 5.68. The van der Waals surface area contributed by atoms with Crippen LogP contribution in [-0.2, 0) is 10.0 Å². The van der Waals surface area contributed by atoms with Gasteiger partial charge in [-0.3, -0.25) is 0 Å². The Kier molecular flexibility index (Phi) is 5.88. The number of sulfonamides is 1. The third-order valence-corrected chi connectivity index (χ3v) is 2.24.